The molecule has 2 amide bonds. The van der Waals surface area contributed by atoms with Crippen LogP contribution in [0.4, 0.5) is 5.69 Å². The zero-order valence-corrected chi connectivity index (χ0v) is 15.2. The maximum absolute atomic E-state index is 13.1. The predicted octanol–water partition coefficient (Wildman–Crippen LogP) is 4.21. The Hall–Kier alpha value is -3.40. The highest BCUT2D eigenvalue weighted by molar-refractivity contribution is 6.00. The standard InChI is InChI=1S/C23H22N2O2/c1-2-24-22(26)19-14-9-15-20(16-19)25-23(27)21(17-10-5-3-6-11-17)18-12-7-4-8-13-18/h3-16,21H,2H2,1H3,(H,24,26)(H,25,27). The zero-order valence-electron chi connectivity index (χ0n) is 15.2. The average molecular weight is 358 g/mol. The van der Waals surface area contributed by atoms with E-state index in [0.29, 0.717) is 17.8 Å². The lowest BCUT2D eigenvalue weighted by Gasteiger charge is -2.18. The Morgan fingerprint density at radius 3 is 1.96 bits per heavy atom. The maximum Gasteiger partial charge on any atom is 0.251 e. The molecule has 0 aliphatic rings. The van der Waals surface area contributed by atoms with Gasteiger partial charge in [0.25, 0.3) is 5.91 Å². The van der Waals surface area contributed by atoms with E-state index >= 15 is 0 Å². The van der Waals surface area contributed by atoms with Gasteiger partial charge in [0, 0.05) is 17.8 Å². The lowest BCUT2D eigenvalue weighted by atomic mass is 9.90. The Balaban J connectivity index is 1.88. The fourth-order valence-electron chi connectivity index (χ4n) is 3.00. The van der Waals surface area contributed by atoms with Gasteiger partial charge in [-0.15, -0.1) is 0 Å². The SMILES string of the molecule is CCNC(=O)c1cccc(NC(=O)C(c2ccccc2)c2ccccc2)c1. The first-order valence-electron chi connectivity index (χ1n) is 8.98. The quantitative estimate of drug-likeness (QED) is 0.693. The van der Waals surface area contributed by atoms with Crippen molar-refractivity contribution in [3.63, 3.8) is 0 Å². The van der Waals surface area contributed by atoms with E-state index in [0.717, 1.165) is 11.1 Å². The van der Waals surface area contributed by atoms with Crippen molar-refractivity contribution in [1.82, 2.24) is 5.32 Å². The molecule has 27 heavy (non-hydrogen) atoms. The van der Waals surface area contributed by atoms with Crippen LogP contribution in [0.2, 0.25) is 0 Å². The van der Waals surface area contributed by atoms with Gasteiger partial charge in [-0.1, -0.05) is 66.7 Å². The molecule has 3 aromatic rings. The molecule has 0 atom stereocenters. The molecule has 4 nitrogen and oxygen atoms in total. The highest BCUT2D eigenvalue weighted by Crippen LogP contribution is 2.26. The molecule has 0 unspecified atom stereocenters. The van der Waals surface area contributed by atoms with Crippen molar-refractivity contribution in [2.45, 2.75) is 12.8 Å². The lowest BCUT2D eigenvalue weighted by molar-refractivity contribution is -0.116. The number of hydrogen-bond acceptors (Lipinski definition) is 2. The summed E-state index contributed by atoms with van der Waals surface area (Å²) in [4.78, 5) is 25.1. The first-order valence-corrected chi connectivity index (χ1v) is 8.98. The van der Waals surface area contributed by atoms with E-state index in [1.807, 2.05) is 67.6 Å². The number of amides is 2. The van der Waals surface area contributed by atoms with Crippen molar-refractivity contribution < 1.29 is 9.59 Å². The summed E-state index contributed by atoms with van der Waals surface area (Å²) in [7, 11) is 0. The van der Waals surface area contributed by atoms with Crippen LogP contribution in [0, 0.1) is 0 Å². The summed E-state index contributed by atoms with van der Waals surface area (Å²) in [6, 6.07) is 26.3. The molecule has 0 saturated carbocycles. The van der Waals surface area contributed by atoms with E-state index in [2.05, 4.69) is 10.6 Å². The van der Waals surface area contributed by atoms with Crippen LogP contribution >= 0.6 is 0 Å². The monoisotopic (exact) mass is 358 g/mol. The van der Waals surface area contributed by atoms with Crippen molar-refractivity contribution in [3.8, 4) is 0 Å². The highest BCUT2D eigenvalue weighted by atomic mass is 16.2. The highest BCUT2D eigenvalue weighted by Gasteiger charge is 2.22. The topological polar surface area (TPSA) is 58.2 Å². The number of carbonyl (C=O) groups excluding carboxylic acids is 2. The predicted molar refractivity (Wildman–Crippen MR) is 108 cm³/mol. The van der Waals surface area contributed by atoms with Crippen LogP contribution in [0.5, 0.6) is 0 Å². The number of anilines is 1. The average Bonchev–Trinajstić information content (AvgIpc) is 2.70. The molecule has 136 valence electrons. The Bertz CT molecular complexity index is 868. The van der Waals surface area contributed by atoms with Crippen molar-refractivity contribution >= 4 is 17.5 Å². The summed E-state index contributed by atoms with van der Waals surface area (Å²) >= 11 is 0. The third-order valence-electron chi connectivity index (χ3n) is 4.26. The Kier molecular flexibility index (Phi) is 6.00. The molecule has 3 aromatic carbocycles. The molecular formula is C23H22N2O2. The van der Waals surface area contributed by atoms with E-state index in [1.54, 1.807) is 24.3 Å². The molecule has 0 aromatic heterocycles. The smallest absolute Gasteiger partial charge is 0.251 e. The first-order chi connectivity index (χ1) is 13.2. The molecule has 0 spiro atoms. The summed E-state index contributed by atoms with van der Waals surface area (Å²) < 4.78 is 0. The first kappa shape index (κ1) is 18.4. The molecule has 3 rings (SSSR count). The van der Waals surface area contributed by atoms with Gasteiger partial charge in [-0.3, -0.25) is 9.59 Å². The van der Waals surface area contributed by atoms with Gasteiger partial charge in [0.2, 0.25) is 5.91 Å². The van der Waals surface area contributed by atoms with Gasteiger partial charge >= 0.3 is 0 Å². The van der Waals surface area contributed by atoms with E-state index < -0.39 is 5.92 Å². The molecule has 0 fully saturated rings. The van der Waals surface area contributed by atoms with Crippen LogP contribution in [0.1, 0.15) is 34.3 Å². The summed E-state index contributed by atoms with van der Waals surface area (Å²) in [5, 5.41) is 5.72. The van der Waals surface area contributed by atoms with Crippen LogP contribution in [-0.4, -0.2) is 18.4 Å². The van der Waals surface area contributed by atoms with Crippen LogP contribution < -0.4 is 10.6 Å². The van der Waals surface area contributed by atoms with Crippen LogP contribution in [0.25, 0.3) is 0 Å². The van der Waals surface area contributed by atoms with Crippen molar-refractivity contribution in [3.05, 3.63) is 102 Å². The number of benzene rings is 3. The number of carbonyl (C=O) groups is 2. The minimum Gasteiger partial charge on any atom is -0.352 e. The van der Waals surface area contributed by atoms with Gasteiger partial charge < -0.3 is 10.6 Å². The minimum absolute atomic E-state index is 0.138. The largest absolute Gasteiger partial charge is 0.352 e. The van der Waals surface area contributed by atoms with E-state index in [1.165, 1.54) is 0 Å². The van der Waals surface area contributed by atoms with Crippen LogP contribution in [0.15, 0.2) is 84.9 Å². The Morgan fingerprint density at radius 1 is 0.815 bits per heavy atom. The fraction of sp³-hybridized carbons (Fsp3) is 0.130. The summed E-state index contributed by atoms with van der Waals surface area (Å²) in [5.74, 6) is -0.725. The number of hydrogen-bond donors (Lipinski definition) is 2. The molecule has 0 bridgehead atoms. The van der Waals surface area contributed by atoms with Gasteiger partial charge in [-0.25, -0.2) is 0 Å². The molecule has 0 aliphatic carbocycles. The van der Waals surface area contributed by atoms with Crippen molar-refractivity contribution in [2.24, 2.45) is 0 Å². The third-order valence-corrected chi connectivity index (χ3v) is 4.26. The minimum atomic E-state index is -0.430. The second-order valence-electron chi connectivity index (χ2n) is 6.18. The van der Waals surface area contributed by atoms with E-state index in [-0.39, 0.29) is 11.8 Å². The van der Waals surface area contributed by atoms with Crippen molar-refractivity contribution in [1.29, 1.82) is 0 Å². The van der Waals surface area contributed by atoms with Crippen LogP contribution in [0.3, 0.4) is 0 Å². The van der Waals surface area contributed by atoms with Gasteiger partial charge in [0.05, 0.1) is 5.92 Å². The molecule has 4 heteroatoms. The molecule has 0 heterocycles. The van der Waals surface area contributed by atoms with Crippen LogP contribution in [-0.2, 0) is 4.79 Å². The summed E-state index contributed by atoms with van der Waals surface area (Å²) in [5.41, 5.74) is 2.95. The summed E-state index contributed by atoms with van der Waals surface area (Å²) in [6.07, 6.45) is 0. The fourth-order valence-corrected chi connectivity index (χ4v) is 3.00. The van der Waals surface area contributed by atoms with Gasteiger partial charge in [-0.2, -0.15) is 0 Å². The molecular weight excluding hydrogens is 336 g/mol. The number of nitrogens with one attached hydrogen (secondary N) is 2. The lowest BCUT2D eigenvalue weighted by Crippen LogP contribution is -2.24. The second-order valence-corrected chi connectivity index (χ2v) is 6.18. The second kappa shape index (κ2) is 8.81. The molecule has 2 N–H and O–H groups in total. The van der Waals surface area contributed by atoms with Crippen molar-refractivity contribution in [2.75, 3.05) is 11.9 Å². The normalized spacial score (nSPS) is 10.4. The third kappa shape index (κ3) is 4.61. The molecule has 0 aliphatic heterocycles. The van der Waals surface area contributed by atoms with Gasteiger partial charge in [-0.05, 0) is 36.2 Å². The Morgan fingerprint density at radius 2 is 1.41 bits per heavy atom. The number of rotatable bonds is 6. The Labute approximate surface area is 159 Å². The maximum atomic E-state index is 13.1. The summed E-state index contributed by atoms with van der Waals surface area (Å²) in [6.45, 7) is 2.42. The van der Waals surface area contributed by atoms with Gasteiger partial charge in [0.15, 0.2) is 0 Å². The van der Waals surface area contributed by atoms with Gasteiger partial charge in [0.1, 0.15) is 0 Å². The molecule has 0 saturated heterocycles. The molecule has 0 radical (unpaired) electrons. The van der Waals surface area contributed by atoms with E-state index in [4.69, 9.17) is 0 Å². The van der Waals surface area contributed by atoms with E-state index in [9.17, 15) is 9.59 Å². The zero-order chi connectivity index (χ0) is 19.1.